The number of rotatable bonds is 11. The van der Waals surface area contributed by atoms with Crippen LogP contribution in [0.25, 0.3) is 5.57 Å². The molecule has 0 radical (unpaired) electrons. The maximum absolute atomic E-state index is 5.75. The average Bonchev–Trinajstić information content (AvgIpc) is 2.68. The molecule has 0 saturated heterocycles. The number of benzene rings is 2. The van der Waals surface area contributed by atoms with Crippen molar-refractivity contribution in [3.63, 3.8) is 0 Å². The fourth-order valence-corrected chi connectivity index (χ4v) is 2.61. The summed E-state index contributed by atoms with van der Waals surface area (Å²) in [6, 6.07) is 16.5. The van der Waals surface area contributed by atoms with Crippen molar-refractivity contribution < 1.29 is 9.47 Å². The maximum atomic E-state index is 5.75. The molecule has 2 nitrogen and oxygen atoms in total. The molecule has 0 aromatic heterocycles. The van der Waals surface area contributed by atoms with Crippen molar-refractivity contribution in [2.24, 2.45) is 0 Å². The Labute approximate surface area is 158 Å². The standard InChI is InChI=1S/C24H30O2/c1-4-7-18-25-22-14-10-20(11-15-22)24(9-6-3)21-12-16-23(17-13-21)26-19-8-5-2/h6,9-17H,3-5,7-8,18-19H2,1-2H3. The number of unbranched alkanes of at least 4 members (excludes halogenated alkanes) is 2. The lowest BCUT2D eigenvalue weighted by Crippen LogP contribution is -1.97. The summed E-state index contributed by atoms with van der Waals surface area (Å²) in [6.45, 7) is 9.73. The van der Waals surface area contributed by atoms with E-state index in [0.29, 0.717) is 0 Å². The van der Waals surface area contributed by atoms with Crippen molar-refractivity contribution >= 4 is 5.57 Å². The molecule has 0 aliphatic heterocycles. The highest BCUT2D eigenvalue weighted by Gasteiger charge is 2.06. The van der Waals surface area contributed by atoms with Gasteiger partial charge in [0.15, 0.2) is 0 Å². The molecule has 2 heteroatoms. The third-order valence-corrected chi connectivity index (χ3v) is 4.15. The third-order valence-electron chi connectivity index (χ3n) is 4.15. The fraction of sp³-hybridized carbons (Fsp3) is 0.333. The van der Waals surface area contributed by atoms with Crippen LogP contribution >= 0.6 is 0 Å². The topological polar surface area (TPSA) is 18.5 Å². The van der Waals surface area contributed by atoms with E-state index in [2.05, 4.69) is 44.7 Å². The molecular formula is C24H30O2. The van der Waals surface area contributed by atoms with Crippen LogP contribution in [0.5, 0.6) is 11.5 Å². The molecule has 0 N–H and O–H groups in total. The van der Waals surface area contributed by atoms with Crippen molar-refractivity contribution in [1.82, 2.24) is 0 Å². The Kier molecular flexibility index (Phi) is 8.54. The summed E-state index contributed by atoms with van der Waals surface area (Å²) in [7, 11) is 0. The minimum atomic E-state index is 0.769. The van der Waals surface area contributed by atoms with Crippen molar-refractivity contribution in [2.45, 2.75) is 39.5 Å². The number of hydrogen-bond donors (Lipinski definition) is 0. The number of allylic oxidation sites excluding steroid dienone is 2. The Balaban J connectivity index is 2.10. The van der Waals surface area contributed by atoms with Crippen LogP contribution in [-0.2, 0) is 0 Å². The minimum absolute atomic E-state index is 0.769. The maximum Gasteiger partial charge on any atom is 0.119 e. The number of hydrogen-bond acceptors (Lipinski definition) is 2. The molecule has 0 unspecified atom stereocenters. The summed E-state index contributed by atoms with van der Waals surface area (Å²) >= 11 is 0. The van der Waals surface area contributed by atoms with Crippen LogP contribution < -0.4 is 9.47 Å². The highest BCUT2D eigenvalue weighted by atomic mass is 16.5. The van der Waals surface area contributed by atoms with Gasteiger partial charge in [-0.05, 0) is 53.8 Å². The van der Waals surface area contributed by atoms with Gasteiger partial charge in [-0.3, -0.25) is 0 Å². The summed E-state index contributed by atoms with van der Waals surface area (Å²) in [5.74, 6) is 1.83. The van der Waals surface area contributed by atoms with Crippen molar-refractivity contribution in [2.75, 3.05) is 13.2 Å². The molecule has 0 aliphatic rings. The van der Waals surface area contributed by atoms with E-state index >= 15 is 0 Å². The first-order valence-electron chi connectivity index (χ1n) is 9.57. The first-order valence-corrected chi connectivity index (χ1v) is 9.57. The minimum Gasteiger partial charge on any atom is -0.494 e. The van der Waals surface area contributed by atoms with E-state index in [1.807, 2.05) is 36.4 Å². The Hall–Kier alpha value is -2.48. The molecule has 0 atom stereocenters. The predicted octanol–water partition coefficient (Wildman–Crippen LogP) is 6.66. The molecule has 0 fully saturated rings. The normalized spacial score (nSPS) is 10.2. The lowest BCUT2D eigenvalue weighted by atomic mass is 9.97. The zero-order valence-corrected chi connectivity index (χ0v) is 16.0. The first kappa shape index (κ1) is 19.8. The molecule has 0 spiro atoms. The second-order valence-corrected chi connectivity index (χ2v) is 6.27. The van der Waals surface area contributed by atoms with E-state index in [0.717, 1.165) is 67.1 Å². The molecule has 2 aromatic rings. The third kappa shape index (κ3) is 6.11. The van der Waals surface area contributed by atoms with Gasteiger partial charge < -0.3 is 9.47 Å². The van der Waals surface area contributed by atoms with Crippen molar-refractivity contribution in [3.8, 4) is 11.5 Å². The molecular weight excluding hydrogens is 320 g/mol. The van der Waals surface area contributed by atoms with Crippen LogP contribution in [0.4, 0.5) is 0 Å². The van der Waals surface area contributed by atoms with Gasteiger partial charge in [0.2, 0.25) is 0 Å². The van der Waals surface area contributed by atoms with E-state index in [4.69, 9.17) is 9.47 Å². The molecule has 0 amide bonds. The van der Waals surface area contributed by atoms with E-state index in [9.17, 15) is 0 Å². The summed E-state index contributed by atoms with van der Waals surface area (Å²) in [6.07, 6.45) is 8.31. The molecule has 0 heterocycles. The van der Waals surface area contributed by atoms with Crippen LogP contribution in [0.2, 0.25) is 0 Å². The van der Waals surface area contributed by atoms with Crippen LogP contribution in [0, 0.1) is 0 Å². The molecule has 0 bridgehead atoms. The summed E-state index contributed by atoms with van der Waals surface area (Å²) in [5, 5.41) is 0. The number of ether oxygens (including phenoxy) is 2. The Bertz CT molecular complexity index is 626. The van der Waals surface area contributed by atoms with Gasteiger partial charge in [0, 0.05) is 0 Å². The molecule has 138 valence electrons. The van der Waals surface area contributed by atoms with Crippen LogP contribution in [-0.4, -0.2) is 13.2 Å². The van der Waals surface area contributed by atoms with Gasteiger partial charge in [-0.1, -0.05) is 69.7 Å². The van der Waals surface area contributed by atoms with Gasteiger partial charge in [-0.25, -0.2) is 0 Å². The molecule has 2 aromatic carbocycles. The van der Waals surface area contributed by atoms with Crippen LogP contribution in [0.1, 0.15) is 50.7 Å². The second-order valence-electron chi connectivity index (χ2n) is 6.27. The zero-order valence-electron chi connectivity index (χ0n) is 16.0. The van der Waals surface area contributed by atoms with E-state index in [-0.39, 0.29) is 0 Å². The van der Waals surface area contributed by atoms with Gasteiger partial charge >= 0.3 is 0 Å². The Morgan fingerprint density at radius 1 is 0.769 bits per heavy atom. The quantitative estimate of drug-likeness (QED) is 0.333. The van der Waals surface area contributed by atoms with Crippen LogP contribution in [0.15, 0.2) is 67.3 Å². The summed E-state index contributed by atoms with van der Waals surface area (Å²) in [5.41, 5.74) is 3.43. The molecule has 2 rings (SSSR count). The Morgan fingerprint density at radius 3 is 1.54 bits per heavy atom. The lowest BCUT2D eigenvalue weighted by Gasteiger charge is -2.11. The zero-order chi connectivity index (χ0) is 18.6. The summed E-state index contributed by atoms with van der Waals surface area (Å²) < 4.78 is 11.5. The highest BCUT2D eigenvalue weighted by Crippen LogP contribution is 2.27. The van der Waals surface area contributed by atoms with E-state index in [1.165, 1.54) is 0 Å². The van der Waals surface area contributed by atoms with Crippen molar-refractivity contribution in [3.05, 3.63) is 78.4 Å². The SMILES string of the molecule is C=CC=C(c1ccc(OCCCC)cc1)c1ccc(OCCCC)cc1. The van der Waals surface area contributed by atoms with Gasteiger partial charge in [0.05, 0.1) is 13.2 Å². The van der Waals surface area contributed by atoms with Gasteiger partial charge in [-0.2, -0.15) is 0 Å². The lowest BCUT2D eigenvalue weighted by molar-refractivity contribution is 0.309. The smallest absolute Gasteiger partial charge is 0.119 e. The fourth-order valence-electron chi connectivity index (χ4n) is 2.61. The molecule has 26 heavy (non-hydrogen) atoms. The second kappa shape index (κ2) is 11.2. The monoisotopic (exact) mass is 350 g/mol. The van der Waals surface area contributed by atoms with E-state index in [1.54, 1.807) is 0 Å². The Morgan fingerprint density at radius 2 is 1.19 bits per heavy atom. The average molecular weight is 351 g/mol. The summed E-state index contributed by atoms with van der Waals surface area (Å²) in [4.78, 5) is 0. The predicted molar refractivity (Wildman–Crippen MR) is 111 cm³/mol. The largest absolute Gasteiger partial charge is 0.494 e. The van der Waals surface area contributed by atoms with Gasteiger partial charge in [-0.15, -0.1) is 0 Å². The molecule has 0 aliphatic carbocycles. The van der Waals surface area contributed by atoms with Gasteiger partial charge in [0.1, 0.15) is 11.5 Å². The highest BCUT2D eigenvalue weighted by molar-refractivity contribution is 5.81. The van der Waals surface area contributed by atoms with Crippen LogP contribution in [0.3, 0.4) is 0 Å². The molecule has 0 saturated carbocycles. The van der Waals surface area contributed by atoms with Crippen molar-refractivity contribution in [1.29, 1.82) is 0 Å². The van der Waals surface area contributed by atoms with Gasteiger partial charge in [0.25, 0.3) is 0 Å². The van der Waals surface area contributed by atoms with E-state index < -0.39 is 0 Å². The first-order chi connectivity index (χ1) is 12.8.